The van der Waals surface area contributed by atoms with Crippen LogP contribution in [0.4, 0.5) is 0 Å². The molecule has 14 atom stereocenters. The van der Waals surface area contributed by atoms with Crippen molar-refractivity contribution in [3.8, 4) is 23.0 Å². The summed E-state index contributed by atoms with van der Waals surface area (Å²) in [5, 5.41) is 113. The van der Waals surface area contributed by atoms with E-state index in [-0.39, 0.29) is 30.3 Å². The lowest BCUT2D eigenvalue weighted by Gasteiger charge is -2.49. The number of aliphatic hydroxyl groups is 8. The van der Waals surface area contributed by atoms with Gasteiger partial charge in [-0.15, -0.1) is 0 Å². The molecule has 0 spiro atoms. The van der Waals surface area contributed by atoms with Crippen LogP contribution in [0.2, 0.25) is 0 Å². The lowest BCUT2D eigenvalue weighted by atomic mass is 9.96. The zero-order valence-corrected chi connectivity index (χ0v) is 29.3. The Kier molecular flexibility index (Phi) is 14.6. The number of phenols is 3. The van der Waals surface area contributed by atoms with Crippen LogP contribution in [-0.4, -0.2) is 182 Å². The van der Waals surface area contributed by atoms with Crippen LogP contribution in [0, 0.1) is 0 Å². The van der Waals surface area contributed by atoms with E-state index < -0.39 is 118 Å². The summed E-state index contributed by atoms with van der Waals surface area (Å²) in [6.07, 6.45) is -21.6. The summed E-state index contributed by atoms with van der Waals surface area (Å²) < 4.78 is 46.0. The zero-order chi connectivity index (χ0) is 40.0. The van der Waals surface area contributed by atoms with E-state index in [9.17, 15) is 61.0 Å². The molecule has 20 heteroatoms. The molecule has 11 N–H and O–H groups in total. The summed E-state index contributed by atoms with van der Waals surface area (Å²) in [5.41, 5.74) is 0.907. The van der Waals surface area contributed by atoms with Crippen molar-refractivity contribution in [2.24, 2.45) is 0 Å². The van der Waals surface area contributed by atoms with Gasteiger partial charge in [0.05, 0.1) is 33.5 Å². The van der Waals surface area contributed by atoms with Crippen LogP contribution < -0.4 is 4.74 Å². The lowest BCUT2D eigenvalue weighted by Crippen LogP contribution is -2.67. The van der Waals surface area contributed by atoms with Crippen molar-refractivity contribution in [1.29, 1.82) is 0 Å². The van der Waals surface area contributed by atoms with Crippen molar-refractivity contribution in [2.45, 2.75) is 92.4 Å². The molecule has 5 rings (SSSR count). The van der Waals surface area contributed by atoms with Gasteiger partial charge in [-0.1, -0.05) is 12.1 Å². The van der Waals surface area contributed by atoms with E-state index >= 15 is 0 Å². The zero-order valence-electron chi connectivity index (χ0n) is 29.3. The SMILES string of the molecule is COc1cc(/C=C/C(=O)O[C@H]2[C@H](O[C@@H]3O[C@H](CO)[C@@H](O)[C@H](O)[C@H]3O)[C@@H](O[C@@H]3OC[C@H](O)[C@H](O)[C@H]3O)[C@H](OCCc3ccc(O)c(O)c3)O[C@@H]2CO)ccc1O. The van der Waals surface area contributed by atoms with Crippen molar-refractivity contribution >= 4 is 12.0 Å². The molecule has 0 unspecified atom stereocenters. The molecule has 0 radical (unpaired) electrons. The van der Waals surface area contributed by atoms with Crippen molar-refractivity contribution in [3.05, 3.63) is 53.6 Å². The number of carbonyl (C=O) groups excluding carboxylic acids is 1. The van der Waals surface area contributed by atoms with Crippen LogP contribution in [0.5, 0.6) is 23.0 Å². The predicted molar refractivity (Wildman–Crippen MR) is 180 cm³/mol. The highest BCUT2D eigenvalue weighted by Gasteiger charge is 2.55. The minimum atomic E-state index is -1.98. The highest BCUT2D eigenvalue weighted by atomic mass is 16.8. The van der Waals surface area contributed by atoms with E-state index in [0.29, 0.717) is 11.1 Å². The Bertz CT molecular complexity index is 1590. The first-order chi connectivity index (χ1) is 26.3. The summed E-state index contributed by atoms with van der Waals surface area (Å²) in [7, 11) is 1.33. The van der Waals surface area contributed by atoms with Gasteiger partial charge in [0, 0.05) is 6.08 Å². The summed E-state index contributed by atoms with van der Waals surface area (Å²) in [5.74, 6) is -1.84. The molecule has 306 valence electrons. The number of phenolic OH excluding ortho intramolecular Hbond substituents is 3. The molecule has 3 aliphatic heterocycles. The number of hydrogen-bond acceptors (Lipinski definition) is 20. The number of esters is 1. The molecule has 3 saturated heterocycles. The number of aromatic hydroxyl groups is 3. The molecule has 0 bridgehead atoms. The Balaban J connectivity index is 1.49. The number of benzene rings is 2. The van der Waals surface area contributed by atoms with Gasteiger partial charge in [-0.2, -0.15) is 0 Å². The summed E-state index contributed by atoms with van der Waals surface area (Å²) in [6.45, 7) is -2.38. The summed E-state index contributed by atoms with van der Waals surface area (Å²) in [4.78, 5) is 13.3. The standard InChI is InChI=1S/C35H46O20/c1-48-21-11-15(3-6-18(21)39)4-7-24(42)53-30-23(13-37)52-35(49-9-8-16-2-5-17(38)19(40)10-16)32(55-33-28(46)25(43)20(41)14-50-33)31(30)54-34-29(47)27(45)26(44)22(12-36)51-34/h2-7,10-11,20,22-23,25-41,43-47H,8-9,12-14H2,1H3/b7-4+/t20-,22+,23+,25-,26+,27-,28+,29+,30+,31-,32+,33-,34-,35+/m0/s1. The van der Waals surface area contributed by atoms with Crippen LogP contribution in [0.15, 0.2) is 42.5 Å². The Morgan fingerprint density at radius 2 is 1.42 bits per heavy atom. The maximum Gasteiger partial charge on any atom is 0.331 e. The molecule has 0 aromatic heterocycles. The third kappa shape index (κ3) is 10.0. The third-order valence-electron chi connectivity index (χ3n) is 9.24. The van der Waals surface area contributed by atoms with Gasteiger partial charge in [-0.25, -0.2) is 4.79 Å². The quantitative estimate of drug-likeness (QED) is 0.0508. The number of methoxy groups -OCH3 is 1. The Hall–Kier alpha value is -3.71. The van der Waals surface area contributed by atoms with Gasteiger partial charge < -0.3 is 94.1 Å². The molecular weight excluding hydrogens is 740 g/mol. The van der Waals surface area contributed by atoms with Gasteiger partial charge >= 0.3 is 5.97 Å². The molecule has 55 heavy (non-hydrogen) atoms. The maximum absolute atomic E-state index is 13.3. The van der Waals surface area contributed by atoms with Gasteiger partial charge in [0.25, 0.3) is 0 Å². The first kappa shape index (κ1) is 42.4. The maximum atomic E-state index is 13.3. The second kappa shape index (κ2) is 19.0. The molecule has 2 aromatic carbocycles. The minimum Gasteiger partial charge on any atom is -0.504 e. The normalized spacial score (nSPS) is 35.4. The van der Waals surface area contributed by atoms with E-state index in [1.54, 1.807) is 0 Å². The fourth-order valence-corrected chi connectivity index (χ4v) is 6.14. The van der Waals surface area contributed by atoms with E-state index in [1.807, 2.05) is 0 Å². The molecule has 2 aromatic rings. The molecule has 3 heterocycles. The number of aliphatic hydroxyl groups excluding tert-OH is 8. The predicted octanol–water partition coefficient (Wildman–Crippen LogP) is -3.28. The van der Waals surface area contributed by atoms with Crippen LogP contribution >= 0.6 is 0 Å². The van der Waals surface area contributed by atoms with Crippen LogP contribution in [0.3, 0.4) is 0 Å². The van der Waals surface area contributed by atoms with Crippen molar-refractivity contribution in [1.82, 2.24) is 0 Å². The highest BCUT2D eigenvalue weighted by molar-refractivity contribution is 5.87. The number of hydrogen-bond donors (Lipinski definition) is 11. The molecule has 20 nitrogen and oxygen atoms in total. The van der Waals surface area contributed by atoms with Crippen LogP contribution in [0.1, 0.15) is 11.1 Å². The molecular formula is C35H46O20. The molecule has 3 fully saturated rings. The van der Waals surface area contributed by atoms with Crippen molar-refractivity contribution in [3.63, 3.8) is 0 Å². The Morgan fingerprint density at radius 1 is 0.745 bits per heavy atom. The monoisotopic (exact) mass is 786 g/mol. The average molecular weight is 787 g/mol. The minimum absolute atomic E-state index is 0.0984. The number of rotatable bonds is 14. The molecule has 3 aliphatic rings. The van der Waals surface area contributed by atoms with Gasteiger partial charge in [0.2, 0.25) is 0 Å². The van der Waals surface area contributed by atoms with Gasteiger partial charge in [0.1, 0.15) is 61.0 Å². The first-order valence-corrected chi connectivity index (χ1v) is 17.2. The number of carbonyl (C=O) groups is 1. The van der Waals surface area contributed by atoms with Gasteiger partial charge in [0.15, 0.2) is 48.0 Å². The average Bonchev–Trinajstić information content (AvgIpc) is 3.17. The van der Waals surface area contributed by atoms with E-state index in [2.05, 4.69) is 0 Å². The van der Waals surface area contributed by atoms with E-state index in [0.717, 1.165) is 6.08 Å². The molecule has 0 amide bonds. The summed E-state index contributed by atoms with van der Waals surface area (Å²) >= 11 is 0. The Labute approximate surface area is 313 Å². The van der Waals surface area contributed by atoms with E-state index in [1.165, 1.54) is 49.6 Å². The smallest absolute Gasteiger partial charge is 0.331 e. The topological polar surface area (TPSA) is 313 Å². The second-order valence-corrected chi connectivity index (χ2v) is 13.0. The van der Waals surface area contributed by atoms with Gasteiger partial charge in [-0.05, 0) is 47.9 Å². The fourth-order valence-electron chi connectivity index (χ4n) is 6.14. The Morgan fingerprint density at radius 3 is 2.11 bits per heavy atom. The highest BCUT2D eigenvalue weighted by Crippen LogP contribution is 2.35. The molecule has 0 aliphatic carbocycles. The molecule has 0 saturated carbocycles. The second-order valence-electron chi connectivity index (χ2n) is 13.0. The van der Waals surface area contributed by atoms with Crippen molar-refractivity contribution in [2.75, 3.05) is 33.5 Å². The van der Waals surface area contributed by atoms with Crippen LogP contribution in [-0.2, 0) is 44.4 Å². The lowest BCUT2D eigenvalue weighted by molar-refractivity contribution is -0.386. The number of ether oxygens (including phenoxy) is 8. The summed E-state index contributed by atoms with van der Waals surface area (Å²) in [6, 6.07) is 8.27. The van der Waals surface area contributed by atoms with E-state index in [4.69, 9.17) is 37.9 Å². The van der Waals surface area contributed by atoms with Crippen LogP contribution in [0.25, 0.3) is 6.08 Å². The largest absolute Gasteiger partial charge is 0.504 e. The fraction of sp³-hybridized carbons (Fsp3) is 0.571. The van der Waals surface area contributed by atoms with Gasteiger partial charge in [-0.3, -0.25) is 0 Å². The van der Waals surface area contributed by atoms with Crippen molar-refractivity contribution < 1.29 is 98.9 Å². The third-order valence-corrected chi connectivity index (χ3v) is 9.24. The first-order valence-electron chi connectivity index (χ1n) is 17.2.